The molecule has 3 heteroatoms. The third-order valence-electron chi connectivity index (χ3n) is 1.94. The highest BCUT2D eigenvalue weighted by Crippen LogP contribution is 2.16. The second-order valence-corrected chi connectivity index (χ2v) is 2.87. The zero-order valence-electron chi connectivity index (χ0n) is 7.42. The molecule has 0 bridgehead atoms. The molecule has 0 unspecified atom stereocenters. The Hall–Kier alpha value is -2.03. The Morgan fingerprint density at radius 1 is 0.929 bits per heavy atom. The summed E-state index contributed by atoms with van der Waals surface area (Å²) in [5.74, 6) is 0. The molecule has 0 spiro atoms. The Balaban J connectivity index is 2.39. The van der Waals surface area contributed by atoms with Crippen LogP contribution in [-0.4, -0.2) is 16.3 Å². The highest BCUT2D eigenvalue weighted by atomic mass is 16.1. The van der Waals surface area contributed by atoms with Crippen LogP contribution in [0.3, 0.4) is 0 Å². The van der Waals surface area contributed by atoms with Gasteiger partial charge >= 0.3 is 0 Å². The molecule has 0 radical (unpaired) electrons. The summed E-state index contributed by atoms with van der Waals surface area (Å²) in [5.41, 5.74) is 2.63. The van der Waals surface area contributed by atoms with Gasteiger partial charge in [0.15, 0.2) is 0 Å². The average Bonchev–Trinajstić information content (AvgIpc) is 2.30. The maximum atomic E-state index is 10.4. The van der Waals surface area contributed by atoms with Crippen molar-refractivity contribution >= 4 is 6.29 Å². The van der Waals surface area contributed by atoms with Gasteiger partial charge in [-0.25, -0.2) is 9.97 Å². The predicted octanol–water partition coefficient (Wildman–Crippen LogP) is 1.96. The molecule has 0 amide bonds. The van der Waals surface area contributed by atoms with Gasteiger partial charge in [0.2, 0.25) is 0 Å². The monoisotopic (exact) mass is 184 g/mol. The molecule has 68 valence electrons. The largest absolute Gasteiger partial charge is 0.298 e. The molecule has 1 aromatic heterocycles. The van der Waals surface area contributed by atoms with Crippen molar-refractivity contribution in [1.82, 2.24) is 9.97 Å². The SMILES string of the molecule is O=Cc1ccc(-c2cncnc2)cc1. The van der Waals surface area contributed by atoms with Gasteiger partial charge < -0.3 is 0 Å². The first-order valence-electron chi connectivity index (χ1n) is 4.21. The Morgan fingerprint density at radius 2 is 1.57 bits per heavy atom. The van der Waals surface area contributed by atoms with Crippen LogP contribution in [0.4, 0.5) is 0 Å². The number of hydrogen-bond donors (Lipinski definition) is 0. The Morgan fingerprint density at radius 3 is 2.14 bits per heavy atom. The Labute approximate surface area is 81.5 Å². The lowest BCUT2D eigenvalue weighted by Crippen LogP contribution is -1.83. The van der Waals surface area contributed by atoms with E-state index >= 15 is 0 Å². The molecule has 0 saturated heterocycles. The molecule has 0 fully saturated rings. The first-order chi connectivity index (χ1) is 6.90. The third-order valence-corrected chi connectivity index (χ3v) is 1.94. The van der Waals surface area contributed by atoms with Crippen LogP contribution in [0.2, 0.25) is 0 Å². The number of aldehydes is 1. The van der Waals surface area contributed by atoms with E-state index in [0.717, 1.165) is 17.4 Å². The molecule has 0 aliphatic carbocycles. The molecular formula is C11H8N2O. The molecule has 1 aromatic carbocycles. The van der Waals surface area contributed by atoms with E-state index in [1.807, 2.05) is 12.1 Å². The van der Waals surface area contributed by atoms with Gasteiger partial charge in [0.25, 0.3) is 0 Å². The Bertz CT molecular complexity index is 423. The van der Waals surface area contributed by atoms with Gasteiger partial charge in [0, 0.05) is 23.5 Å². The summed E-state index contributed by atoms with van der Waals surface area (Å²) in [6.45, 7) is 0. The molecule has 2 aromatic rings. The van der Waals surface area contributed by atoms with E-state index in [0.29, 0.717) is 5.56 Å². The summed E-state index contributed by atoms with van der Waals surface area (Å²) in [6, 6.07) is 7.30. The lowest BCUT2D eigenvalue weighted by Gasteiger charge is -1.99. The van der Waals surface area contributed by atoms with Gasteiger partial charge in [-0.2, -0.15) is 0 Å². The van der Waals surface area contributed by atoms with Crippen LogP contribution in [0.5, 0.6) is 0 Å². The highest BCUT2D eigenvalue weighted by molar-refractivity contribution is 5.76. The van der Waals surface area contributed by atoms with Crippen molar-refractivity contribution in [2.75, 3.05) is 0 Å². The van der Waals surface area contributed by atoms with Crippen molar-refractivity contribution in [2.45, 2.75) is 0 Å². The van der Waals surface area contributed by atoms with Gasteiger partial charge in [0.05, 0.1) is 0 Å². The fourth-order valence-electron chi connectivity index (χ4n) is 1.20. The second kappa shape index (κ2) is 3.79. The van der Waals surface area contributed by atoms with E-state index in [2.05, 4.69) is 9.97 Å². The summed E-state index contributed by atoms with van der Waals surface area (Å²) in [5, 5.41) is 0. The van der Waals surface area contributed by atoms with Gasteiger partial charge in [-0.1, -0.05) is 24.3 Å². The number of carbonyl (C=O) groups is 1. The van der Waals surface area contributed by atoms with E-state index in [-0.39, 0.29) is 0 Å². The standard InChI is InChI=1S/C11H8N2O/c14-7-9-1-3-10(4-2-9)11-5-12-8-13-6-11/h1-8H. The van der Waals surface area contributed by atoms with Crippen molar-refractivity contribution in [1.29, 1.82) is 0 Å². The maximum absolute atomic E-state index is 10.4. The van der Waals surface area contributed by atoms with E-state index in [4.69, 9.17) is 0 Å². The van der Waals surface area contributed by atoms with Crippen molar-refractivity contribution in [2.24, 2.45) is 0 Å². The number of hydrogen-bond acceptors (Lipinski definition) is 3. The molecule has 0 atom stereocenters. The predicted molar refractivity (Wildman–Crippen MR) is 52.9 cm³/mol. The summed E-state index contributed by atoms with van der Waals surface area (Å²) in [6.07, 6.45) is 5.79. The van der Waals surface area contributed by atoms with Crippen LogP contribution in [0.1, 0.15) is 10.4 Å². The summed E-state index contributed by atoms with van der Waals surface area (Å²) < 4.78 is 0. The lowest BCUT2D eigenvalue weighted by molar-refractivity contribution is 0.112. The number of benzene rings is 1. The van der Waals surface area contributed by atoms with Crippen molar-refractivity contribution < 1.29 is 4.79 Å². The zero-order chi connectivity index (χ0) is 9.80. The van der Waals surface area contributed by atoms with Crippen molar-refractivity contribution in [3.05, 3.63) is 48.5 Å². The van der Waals surface area contributed by atoms with Gasteiger partial charge in [0.1, 0.15) is 12.6 Å². The summed E-state index contributed by atoms with van der Waals surface area (Å²) >= 11 is 0. The molecule has 14 heavy (non-hydrogen) atoms. The normalized spacial score (nSPS) is 9.71. The van der Waals surface area contributed by atoms with Crippen LogP contribution in [-0.2, 0) is 0 Å². The average molecular weight is 184 g/mol. The van der Waals surface area contributed by atoms with Crippen molar-refractivity contribution in [3.8, 4) is 11.1 Å². The molecule has 0 aliphatic heterocycles. The van der Waals surface area contributed by atoms with E-state index in [9.17, 15) is 4.79 Å². The third kappa shape index (κ3) is 1.66. The summed E-state index contributed by atoms with van der Waals surface area (Å²) in [4.78, 5) is 18.3. The van der Waals surface area contributed by atoms with Gasteiger partial charge in [-0.15, -0.1) is 0 Å². The number of aromatic nitrogens is 2. The number of rotatable bonds is 2. The van der Waals surface area contributed by atoms with Gasteiger partial charge in [-0.05, 0) is 5.56 Å². The van der Waals surface area contributed by atoms with Crippen LogP contribution in [0.25, 0.3) is 11.1 Å². The first kappa shape index (κ1) is 8.56. The van der Waals surface area contributed by atoms with E-state index < -0.39 is 0 Å². The Kier molecular flexibility index (Phi) is 2.32. The molecule has 0 aliphatic rings. The number of nitrogens with zero attached hydrogens (tertiary/aromatic N) is 2. The van der Waals surface area contributed by atoms with Crippen LogP contribution >= 0.6 is 0 Å². The summed E-state index contributed by atoms with van der Waals surface area (Å²) in [7, 11) is 0. The van der Waals surface area contributed by atoms with Gasteiger partial charge in [-0.3, -0.25) is 4.79 Å². The molecule has 0 N–H and O–H groups in total. The minimum atomic E-state index is 0.672. The minimum Gasteiger partial charge on any atom is -0.298 e. The van der Waals surface area contributed by atoms with E-state index in [1.54, 1.807) is 24.5 Å². The zero-order valence-corrected chi connectivity index (χ0v) is 7.42. The smallest absolute Gasteiger partial charge is 0.150 e. The topological polar surface area (TPSA) is 42.9 Å². The fourth-order valence-corrected chi connectivity index (χ4v) is 1.20. The molecule has 3 nitrogen and oxygen atoms in total. The van der Waals surface area contributed by atoms with E-state index in [1.165, 1.54) is 6.33 Å². The quantitative estimate of drug-likeness (QED) is 0.670. The van der Waals surface area contributed by atoms with Crippen molar-refractivity contribution in [3.63, 3.8) is 0 Å². The lowest BCUT2D eigenvalue weighted by atomic mass is 10.1. The molecule has 0 saturated carbocycles. The minimum absolute atomic E-state index is 0.672. The van der Waals surface area contributed by atoms with Crippen LogP contribution in [0.15, 0.2) is 43.0 Å². The number of carbonyl (C=O) groups excluding carboxylic acids is 1. The first-order valence-corrected chi connectivity index (χ1v) is 4.21. The fraction of sp³-hybridized carbons (Fsp3) is 0. The van der Waals surface area contributed by atoms with Crippen LogP contribution in [0, 0.1) is 0 Å². The molecule has 1 heterocycles. The molecular weight excluding hydrogens is 176 g/mol. The highest BCUT2D eigenvalue weighted by Gasteiger charge is 1.96. The second-order valence-electron chi connectivity index (χ2n) is 2.87. The molecule has 2 rings (SSSR count). The van der Waals surface area contributed by atoms with Crippen LogP contribution < -0.4 is 0 Å². The maximum Gasteiger partial charge on any atom is 0.150 e.